The highest BCUT2D eigenvalue weighted by atomic mass is 32.2. The lowest BCUT2D eigenvalue weighted by Crippen LogP contribution is -2.46. The van der Waals surface area contributed by atoms with Gasteiger partial charge in [0.25, 0.3) is 11.1 Å². The van der Waals surface area contributed by atoms with Gasteiger partial charge in [0.1, 0.15) is 6.54 Å². The average Bonchev–Trinajstić information content (AvgIpc) is 2.95. The van der Waals surface area contributed by atoms with Crippen molar-refractivity contribution in [1.82, 2.24) is 9.80 Å². The highest BCUT2D eigenvalue weighted by molar-refractivity contribution is 8.18. The number of imide groups is 1. The van der Waals surface area contributed by atoms with Gasteiger partial charge in [-0.05, 0) is 23.9 Å². The number of thioether (sulfide) groups is 1. The third kappa shape index (κ3) is 4.09. The van der Waals surface area contributed by atoms with E-state index in [1.54, 1.807) is 29.2 Å². The number of para-hydroxylation sites is 1. The number of hydrogen-bond acceptors (Lipinski definition) is 7. The second-order valence-electron chi connectivity index (χ2n) is 5.84. The first kappa shape index (κ1) is 19.2. The van der Waals surface area contributed by atoms with Gasteiger partial charge in [-0.1, -0.05) is 12.1 Å². The van der Waals surface area contributed by atoms with Gasteiger partial charge in [-0.25, -0.2) is 0 Å². The highest BCUT2D eigenvalue weighted by Crippen LogP contribution is 2.37. The van der Waals surface area contributed by atoms with E-state index in [1.807, 2.05) is 0 Å². The molecule has 0 radical (unpaired) electrons. The predicted molar refractivity (Wildman–Crippen MR) is 99.6 cm³/mol. The van der Waals surface area contributed by atoms with Crippen LogP contribution < -0.4 is 9.47 Å². The van der Waals surface area contributed by atoms with Crippen molar-refractivity contribution in [3.63, 3.8) is 0 Å². The molecule has 3 amide bonds. The summed E-state index contributed by atoms with van der Waals surface area (Å²) >= 11 is 0.805. The molecular formula is C18H20N2O6S. The summed E-state index contributed by atoms with van der Waals surface area (Å²) in [5.74, 6) is 0.237. The highest BCUT2D eigenvalue weighted by Gasteiger charge is 2.37. The van der Waals surface area contributed by atoms with Crippen molar-refractivity contribution in [2.75, 3.05) is 47.1 Å². The zero-order chi connectivity index (χ0) is 19.4. The molecule has 0 N–H and O–H groups in total. The smallest absolute Gasteiger partial charge is 0.294 e. The summed E-state index contributed by atoms with van der Waals surface area (Å²) < 4.78 is 15.8. The molecule has 0 atom stereocenters. The van der Waals surface area contributed by atoms with Crippen LogP contribution in [0.4, 0.5) is 4.79 Å². The SMILES string of the molecule is COc1cccc(/C=C2/SC(=O)N(CC(=O)N3CCOCC3)C2=O)c1OC. The molecule has 0 bridgehead atoms. The van der Waals surface area contributed by atoms with Crippen LogP contribution in [0.25, 0.3) is 6.08 Å². The van der Waals surface area contributed by atoms with Crippen LogP contribution in [-0.4, -0.2) is 73.9 Å². The molecule has 2 aliphatic rings. The van der Waals surface area contributed by atoms with Crippen LogP contribution in [0.1, 0.15) is 5.56 Å². The Bertz CT molecular complexity index is 788. The molecule has 2 fully saturated rings. The minimum absolute atomic E-state index is 0.237. The van der Waals surface area contributed by atoms with Crippen LogP contribution in [-0.2, 0) is 14.3 Å². The number of morpholine rings is 1. The molecule has 0 aliphatic carbocycles. The van der Waals surface area contributed by atoms with Crippen molar-refractivity contribution >= 4 is 34.9 Å². The minimum atomic E-state index is -0.489. The molecule has 3 rings (SSSR count). The summed E-state index contributed by atoms with van der Waals surface area (Å²) in [6.45, 7) is 1.58. The van der Waals surface area contributed by atoms with Crippen LogP contribution in [0.5, 0.6) is 11.5 Å². The van der Waals surface area contributed by atoms with E-state index < -0.39 is 11.1 Å². The average molecular weight is 392 g/mol. The Morgan fingerprint density at radius 1 is 1.22 bits per heavy atom. The Labute approximate surface area is 161 Å². The van der Waals surface area contributed by atoms with Crippen molar-refractivity contribution in [3.8, 4) is 11.5 Å². The van der Waals surface area contributed by atoms with Gasteiger partial charge in [0.2, 0.25) is 5.91 Å². The maximum absolute atomic E-state index is 12.6. The van der Waals surface area contributed by atoms with E-state index in [1.165, 1.54) is 14.2 Å². The molecule has 0 unspecified atom stereocenters. The summed E-state index contributed by atoms with van der Waals surface area (Å²) in [6.07, 6.45) is 1.57. The molecular weight excluding hydrogens is 372 g/mol. The van der Waals surface area contributed by atoms with Crippen LogP contribution in [0.2, 0.25) is 0 Å². The number of carbonyl (C=O) groups excluding carboxylic acids is 3. The van der Waals surface area contributed by atoms with Gasteiger partial charge >= 0.3 is 0 Å². The molecule has 8 nitrogen and oxygen atoms in total. The zero-order valence-corrected chi connectivity index (χ0v) is 15.9. The minimum Gasteiger partial charge on any atom is -0.493 e. The quantitative estimate of drug-likeness (QED) is 0.704. The Hall–Kier alpha value is -2.52. The Morgan fingerprint density at radius 3 is 2.63 bits per heavy atom. The fourth-order valence-electron chi connectivity index (χ4n) is 2.85. The standard InChI is InChI=1S/C18H20N2O6S/c1-24-13-5-3-4-12(16(13)25-2)10-14-17(22)20(18(23)27-14)11-15(21)19-6-8-26-9-7-19/h3-5,10H,6-9,11H2,1-2H3/b14-10+. The summed E-state index contributed by atoms with van der Waals surface area (Å²) in [5, 5.41) is -0.463. The topological polar surface area (TPSA) is 85.4 Å². The van der Waals surface area contributed by atoms with Crippen LogP contribution in [0.3, 0.4) is 0 Å². The molecule has 2 saturated heterocycles. The second kappa shape index (κ2) is 8.45. The molecule has 0 spiro atoms. The summed E-state index contributed by atoms with van der Waals surface area (Å²) in [7, 11) is 3.02. The first-order chi connectivity index (χ1) is 13.0. The number of nitrogens with zero attached hydrogens (tertiary/aromatic N) is 2. The Balaban J connectivity index is 1.78. The Kier molecular flexibility index (Phi) is 6.02. The number of rotatable bonds is 5. The largest absolute Gasteiger partial charge is 0.493 e. The molecule has 1 aromatic carbocycles. The lowest BCUT2D eigenvalue weighted by molar-refractivity contribution is -0.139. The second-order valence-corrected chi connectivity index (χ2v) is 6.84. The predicted octanol–water partition coefficient (Wildman–Crippen LogP) is 1.60. The zero-order valence-electron chi connectivity index (χ0n) is 15.1. The van der Waals surface area contributed by atoms with E-state index in [2.05, 4.69) is 0 Å². The number of carbonyl (C=O) groups is 3. The summed E-state index contributed by atoms with van der Waals surface area (Å²) in [5.41, 5.74) is 0.613. The van der Waals surface area contributed by atoms with E-state index in [9.17, 15) is 14.4 Å². The van der Waals surface area contributed by atoms with Crippen LogP contribution >= 0.6 is 11.8 Å². The first-order valence-corrected chi connectivity index (χ1v) is 9.18. The third-order valence-electron chi connectivity index (χ3n) is 4.25. The number of benzene rings is 1. The molecule has 0 aromatic heterocycles. The first-order valence-electron chi connectivity index (χ1n) is 8.37. The van der Waals surface area contributed by atoms with Gasteiger partial charge in [0, 0.05) is 18.7 Å². The molecule has 9 heteroatoms. The van der Waals surface area contributed by atoms with Crippen molar-refractivity contribution in [3.05, 3.63) is 28.7 Å². The van der Waals surface area contributed by atoms with Crippen molar-refractivity contribution in [1.29, 1.82) is 0 Å². The number of ether oxygens (including phenoxy) is 3. The van der Waals surface area contributed by atoms with Gasteiger partial charge in [0.15, 0.2) is 11.5 Å². The molecule has 2 heterocycles. The van der Waals surface area contributed by atoms with Gasteiger partial charge in [-0.2, -0.15) is 0 Å². The van der Waals surface area contributed by atoms with Crippen molar-refractivity contribution in [2.45, 2.75) is 0 Å². The van der Waals surface area contributed by atoms with Gasteiger partial charge in [-0.15, -0.1) is 0 Å². The lowest BCUT2D eigenvalue weighted by atomic mass is 10.1. The number of amides is 3. The van der Waals surface area contributed by atoms with Crippen LogP contribution in [0, 0.1) is 0 Å². The Morgan fingerprint density at radius 2 is 1.96 bits per heavy atom. The van der Waals surface area contributed by atoms with E-state index in [0.29, 0.717) is 43.4 Å². The van der Waals surface area contributed by atoms with E-state index in [-0.39, 0.29) is 17.4 Å². The van der Waals surface area contributed by atoms with Gasteiger partial charge < -0.3 is 19.1 Å². The monoisotopic (exact) mass is 392 g/mol. The van der Waals surface area contributed by atoms with E-state index in [4.69, 9.17) is 14.2 Å². The molecule has 1 aromatic rings. The van der Waals surface area contributed by atoms with Gasteiger partial charge in [-0.3, -0.25) is 19.3 Å². The molecule has 0 saturated carbocycles. The molecule has 144 valence electrons. The van der Waals surface area contributed by atoms with Crippen molar-refractivity contribution in [2.24, 2.45) is 0 Å². The fourth-order valence-corrected chi connectivity index (χ4v) is 3.68. The van der Waals surface area contributed by atoms with E-state index >= 15 is 0 Å². The van der Waals surface area contributed by atoms with E-state index in [0.717, 1.165) is 16.7 Å². The summed E-state index contributed by atoms with van der Waals surface area (Å²) in [4.78, 5) is 40.1. The van der Waals surface area contributed by atoms with Crippen LogP contribution in [0.15, 0.2) is 23.1 Å². The van der Waals surface area contributed by atoms with Crippen molar-refractivity contribution < 1.29 is 28.6 Å². The normalized spacial score (nSPS) is 19.0. The molecule has 27 heavy (non-hydrogen) atoms. The molecule has 2 aliphatic heterocycles. The summed E-state index contributed by atoms with van der Waals surface area (Å²) in [6, 6.07) is 5.26. The van der Waals surface area contributed by atoms with Gasteiger partial charge in [0.05, 0.1) is 32.3 Å². The maximum atomic E-state index is 12.6. The fraction of sp³-hybridized carbons (Fsp3) is 0.389. The maximum Gasteiger partial charge on any atom is 0.294 e. The lowest BCUT2D eigenvalue weighted by Gasteiger charge is -2.28. The third-order valence-corrected chi connectivity index (χ3v) is 5.16. The number of methoxy groups -OCH3 is 2. The number of hydrogen-bond donors (Lipinski definition) is 0.